The van der Waals surface area contributed by atoms with Crippen molar-refractivity contribution in [3.63, 3.8) is 0 Å². The summed E-state index contributed by atoms with van der Waals surface area (Å²) in [5.74, 6) is -0.636. The number of amides is 1. The van der Waals surface area contributed by atoms with Crippen LogP contribution in [-0.4, -0.2) is 21.2 Å². The Hall–Kier alpha value is -2.67. The molecule has 8 heteroatoms. The van der Waals surface area contributed by atoms with Gasteiger partial charge in [-0.3, -0.25) is 9.78 Å². The maximum absolute atomic E-state index is 12.1. The number of halogens is 1. The Morgan fingerprint density at radius 3 is 2.95 bits per heavy atom. The number of hydrogen-bond acceptors (Lipinski definition) is 6. The molecule has 0 atom stereocenters. The van der Waals surface area contributed by atoms with Gasteiger partial charge in [0, 0.05) is 11.6 Å². The molecule has 0 saturated heterocycles. The quantitative estimate of drug-likeness (QED) is 0.753. The highest BCUT2D eigenvalue weighted by atomic mass is 35.5. The van der Waals surface area contributed by atoms with Crippen molar-refractivity contribution in [2.24, 2.45) is 0 Å². The molecule has 0 aliphatic heterocycles. The van der Waals surface area contributed by atoms with Crippen molar-refractivity contribution in [3.8, 4) is 0 Å². The third-order valence-electron chi connectivity index (χ3n) is 3.00. The van der Waals surface area contributed by atoms with E-state index in [9.17, 15) is 4.79 Å². The van der Waals surface area contributed by atoms with Crippen LogP contribution in [-0.2, 0) is 0 Å². The van der Waals surface area contributed by atoms with E-state index in [0.29, 0.717) is 10.7 Å². The fourth-order valence-electron chi connectivity index (χ4n) is 2.03. The van der Waals surface area contributed by atoms with Gasteiger partial charge in [0.1, 0.15) is 0 Å². The van der Waals surface area contributed by atoms with E-state index in [1.54, 1.807) is 18.3 Å². The van der Waals surface area contributed by atoms with Crippen molar-refractivity contribution in [2.75, 3.05) is 11.1 Å². The number of fused-ring (bicyclic) bond motifs is 1. The number of nitrogens with zero attached hydrogens (tertiary/aromatic N) is 3. The number of benzene rings is 1. The van der Waals surface area contributed by atoms with E-state index in [1.165, 1.54) is 0 Å². The zero-order valence-electron chi connectivity index (χ0n) is 10.9. The van der Waals surface area contributed by atoms with Gasteiger partial charge in [-0.25, -0.2) is 4.63 Å². The Balaban J connectivity index is 2.09. The molecule has 1 aromatic carbocycles. The second-order valence-electron chi connectivity index (χ2n) is 4.40. The summed E-state index contributed by atoms with van der Waals surface area (Å²) < 4.78 is 4.41. The van der Waals surface area contributed by atoms with Gasteiger partial charge < -0.3 is 11.1 Å². The summed E-state index contributed by atoms with van der Waals surface area (Å²) in [5, 5.41) is 10.6. The number of nitrogens with two attached hydrogens (primary N) is 1. The van der Waals surface area contributed by atoms with Crippen LogP contribution in [0.5, 0.6) is 0 Å². The Morgan fingerprint density at radius 1 is 1.43 bits per heavy atom. The molecular formula is C13H10ClN5O2. The fraction of sp³-hybridized carbons (Fsp3) is 0.0769. The van der Waals surface area contributed by atoms with Gasteiger partial charge in [0.15, 0.2) is 0 Å². The van der Waals surface area contributed by atoms with Crippen LogP contribution in [0.15, 0.2) is 29.0 Å². The van der Waals surface area contributed by atoms with Crippen LogP contribution in [0.25, 0.3) is 10.9 Å². The van der Waals surface area contributed by atoms with E-state index in [1.807, 2.05) is 13.0 Å². The maximum atomic E-state index is 12.1. The number of nitrogens with one attached hydrogen (secondary N) is 1. The summed E-state index contributed by atoms with van der Waals surface area (Å²) in [7, 11) is 0. The van der Waals surface area contributed by atoms with Crippen LogP contribution < -0.4 is 11.1 Å². The topological polar surface area (TPSA) is 107 Å². The summed E-state index contributed by atoms with van der Waals surface area (Å²) in [6, 6.07) is 5.32. The van der Waals surface area contributed by atoms with E-state index in [4.69, 9.17) is 17.3 Å². The molecule has 3 N–H and O–H groups in total. The number of aryl methyl sites for hydroxylation is 1. The van der Waals surface area contributed by atoms with Gasteiger partial charge in [-0.2, -0.15) is 0 Å². The molecule has 0 fully saturated rings. The van der Waals surface area contributed by atoms with Crippen LogP contribution in [0.3, 0.4) is 0 Å². The number of rotatable bonds is 2. The molecule has 2 heterocycles. The summed E-state index contributed by atoms with van der Waals surface area (Å²) in [5.41, 5.74) is 7.51. The van der Waals surface area contributed by atoms with Crippen molar-refractivity contribution in [3.05, 3.63) is 40.7 Å². The number of carbonyl (C=O) groups excluding carboxylic acids is 1. The Bertz CT molecular complexity index is 846. The summed E-state index contributed by atoms with van der Waals surface area (Å²) in [6.07, 6.45) is 1.67. The van der Waals surface area contributed by atoms with Gasteiger partial charge in [0.25, 0.3) is 5.91 Å². The van der Waals surface area contributed by atoms with Crippen LogP contribution in [0.1, 0.15) is 16.1 Å². The molecule has 0 aliphatic carbocycles. The van der Waals surface area contributed by atoms with E-state index in [2.05, 4.69) is 25.2 Å². The standard InChI is InChI=1S/C13H10ClN5O2/c1-6-5-8(14)10(7-3-2-4-16-9(6)7)17-13(20)11-12(15)19-21-18-11/h2-5H,1H3,(H2,15,19)(H,17,20). The van der Waals surface area contributed by atoms with Gasteiger partial charge in [0.05, 0.1) is 16.2 Å². The lowest BCUT2D eigenvalue weighted by Gasteiger charge is -2.11. The third kappa shape index (κ3) is 2.27. The first-order chi connectivity index (χ1) is 10.1. The lowest BCUT2D eigenvalue weighted by atomic mass is 10.1. The Morgan fingerprint density at radius 2 is 2.24 bits per heavy atom. The minimum Gasteiger partial charge on any atom is -0.379 e. The molecular weight excluding hydrogens is 294 g/mol. The second-order valence-corrected chi connectivity index (χ2v) is 4.81. The highest BCUT2D eigenvalue weighted by Gasteiger charge is 2.19. The predicted molar refractivity (Wildman–Crippen MR) is 78.2 cm³/mol. The van der Waals surface area contributed by atoms with Crippen molar-refractivity contribution < 1.29 is 9.42 Å². The normalized spacial score (nSPS) is 10.8. The highest BCUT2D eigenvalue weighted by Crippen LogP contribution is 2.33. The number of aromatic nitrogens is 3. The SMILES string of the molecule is Cc1cc(Cl)c(NC(=O)c2nonc2N)c2cccnc12. The lowest BCUT2D eigenvalue weighted by Crippen LogP contribution is -2.15. The Labute approximate surface area is 124 Å². The first kappa shape index (κ1) is 13.3. The number of nitrogen functional groups attached to an aromatic ring is 1. The molecule has 0 saturated carbocycles. The van der Waals surface area contributed by atoms with Crippen LogP contribution in [0.4, 0.5) is 11.5 Å². The largest absolute Gasteiger partial charge is 0.379 e. The first-order valence-corrected chi connectivity index (χ1v) is 6.39. The molecule has 0 radical (unpaired) electrons. The maximum Gasteiger partial charge on any atom is 0.281 e. The van der Waals surface area contributed by atoms with Gasteiger partial charge >= 0.3 is 0 Å². The number of carbonyl (C=O) groups is 1. The van der Waals surface area contributed by atoms with Gasteiger partial charge in [-0.05, 0) is 41.0 Å². The number of pyridine rings is 1. The first-order valence-electron chi connectivity index (χ1n) is 6.01. The molecule has 2 aromatic heterocycles. The molecule has 0 spiro atoms. The number of hydrogen-bond donors (Lipinski definition) is 2. The van der Waals surface area contributed by atoms with Crippen molar-refractivity contribution in [2.45, 2.75) is 6.92 Å². The van der Waals surface area contributed by atoms with Crippen molar-refractivity contribution in [1.82, 2.24) is 15.3 Å². The zero-order chi connectivity index (χ0) is 15.0. The summed E-state index contributed by atoms with van der Waals surface area (Å²) in [6.45, 7) is 1.90. The molecule has 0 bridgehead atoms. The molecule has 7 nitrogen and oxygen atoms in total. The second kappa shape index (κ2) is 5.02. The molecule has 0 unspecified atom stereocenters. The Kier molecular flexibility index (Phi) is 3.19. The van der Waals surface area contributed by atoms with Crippen molar-refractivity contribution in [1.29, 1.82) is 0 Å². The molecule has 3 aromatic rings. The molecule has 106 valence electrons. The minimum absolute atomic E-state index is 0.0850. The zero-order valence-corrected chi connectivity index (χ0v) is 11.7. The molecule has 1 amide bonds. The predicted octanol–water partition coefficient (Wildman–Crippen LogP) is 2.41. The fourth-order valence-corrected chi connectivity index (χ4v) is 2.35. The monoisotopic (exact) mass is 303 g/mol. The third-order valence-corrected chi connectivity index (χ3v) is 3.30. The summed E-state index contributed by atoms with van der Waals surface area (Å²) >= 11 is 6.22. The van der Waals surface area contributed by atoms with Gasteiger partial charge in [0.2, 0.25) is 11.5 Å². The minimum atomic E-state index is -0.551. The summed E-state index contributed by atoms with van der Waals surface area (Å²) in [4.78, 5) is 16.4. The van der Waals surface area contributed by atoms with E-state index in [0.717, 1.165) is 16.5 Å². The smallest absolute Gasteiger partial charge is 0.281 e. The number of anilines is 2. The molecule has 3 rings (SSSR count). The van der Waals surface area contributed by atoms with E-state index < -0.39 is 5.91 Å². The van der Waals surface area contributed by atoms with E-state index in [-0.39, 0.29) is 11.5 Å². The van der Waals surface area contributed by atoms with E-state index >= 15 is 0 Å². The van der Waals surface area contributed by atoms with Crippen LogP contribution in [0, 0.1) is 6.92 Å². The average molecular weight is 304 g/mol. The highest BCUT2D eigenvalue weighted by molar-refractivity contribution is 6.36. The molecule has 21 heavy (non-hydrogen) atoms. The lowest BCUT2D eigenvalue weighted by molar-refractivity contribution is 0.101. The molecule has 0 aliphatic rings. The van der Waals surface area contributed by atoms with Gasteiger partial charge in [-0.15, -0.1) is 0 Å². The van der Waals surface area contributed by atoms with Crippen LogP contribution in [0.2, 0.25) is 5.02 Å². The van der Waals surface area contributed by atoms with Crippen molar-refractivity contribution >= 4 is 39.9 Å². The average Bonchev–Trinajstić information content (AvgIpc) is 2.89. The van der Waals surface area contributed by atoms with Gasteiger partial charge in [-0.1, -0.05) is 11.6 Å². The van der Waals surface area contributed by atoms with Crippen LogP contribution >= 0.6 is 11.6 Å².